The van der Waals surface area contributed by atoms with Crippen LogP contribution in [0.2, 0.25) is 0 Å². The molecule has 1 aliphatic heterocycles. The summed E-state index contributed by atoms with van der Waals surface area (Å²) in [6.45, 7) is 12.5. The van der Waals surface area contributed by atoms with E-state index in [9.17, 15) is 19.2 Å². The topological polar surface area (TPSA) is 142 Å². The standard InChI is InChI=1S/C59H110N2O9/c1-5-9-13-17-21-26-37-53(38-27-22-18-14-10-6-2)69-58(64)44-32-31-41-55(60)66-49-52(50-67-56(62)42-30-25-35-46-61-47-36-48-61)51-68-57(63)43-33-34-45-59(65)70-54(39-28-23-19-15-11-7-3)40-29-24-20-16-12-8-4/h52-54,60H,5-51H2,1-4H3. The third-order valence-corrected chi connectivity index (χ3v) is 13.9. The molecule has 1 aliphatic rings. The van der Waals surface area contributed by atoms with Gasteiger partial charge in [0.05, 0.1) is 12.5 Å². The number of hydrogen-bond donors (Lipinski definition) is 1. The van der Waals surface area contributed by atoms with Gasteiger partial charge in [-0.15, -0.1) is 0 Å². The molecular formula is C59H110N2O9. The molecule has 0 aromatic rings. The van der Waals surface area contributed by atoms with Crippen LogP contribution in [0.25, 0.3) is 0 Å². The molecular weight excluding hydrogens is 881 g/mol. The van der Waals surface area contributed by atoms with E-state index in [-0.39, 0.29) is 74.6 Å². The predicted octanol–water partition coefficient (Wildman–Crippen LogP) is 15.9. The van der Waals surface area contributed by atoms with Crippen LogP contribution >= 0.6 is 0 Å². The summed E-state index contributed by atoms with van der Waals surface area (Å²) >= 11 is 0. The summed E-state index contributed by atoms with van der Waals surface area (Å²) in [6.07, 6.45) is 40.8. The van der Waals surface area contributed by atoms with E-state index in [0.29, 0.717) is 44.9 Å². The average molecular weight is 992 g/mol. The summed E-state index contributed by atoms with van der Waals surface area (Å²) < 4.78 is 29.1. The number of unbranched alkanes of at least 4 members (excludes halogenated alkanes) is 24. The van der Waals surface area contributed by atoms with Gasteiger partial charge in [0.2, 0.25) is 0 Å². The number of nitrogens with one attached hydrogen (secondary N) is 1. The van der Waals surface area contributed by atoms with Crippen LogP contribution in [-0.4, -0.2) is 86.3 Å². The number of carbonyl (C=O) groups excluding carboxylic acids is 4. The molecule has 1 saturated heterocycles. The molecule has 1 fully saturated rings. The van der Waals surface area contributed by atoms with Gasteiger partial charge in [-0.2, -0.15) is 0 Å². The molecule has 11 nitrogen and oxygen atoms in total. The van der Waals surface area contributed by atoms with E-state index >= 15 is 0 Å². The van der Waals surface area contributed by atoms with Crippen LogP contribution in [0.5, 0.6) is 0 Å². The second kappa shape index (κ2) is 48.6. The SMILES string of the molecule is CCCCCCCCC(CCCCCCCC)OC(=O)CCCCC(=N)OCC(COC(=O)CCCCCN1CCC1)COC(=O)CCCCC(=O)OC(CCCCCCCC)CCCCCCCC. The molecule has 1 unspecified atom stereocenters. The fourth-order valence-electron chi connectivity index (χ4n) is 9.10. The Hall–Kier alpha value is -2.69. The van der Waals surface area contributed by atoms with E-state index in [1.807, 2.05) is 0 Å². The first-order chi connectivity index (χ1) is 34.2. The predicted molar refractivity (Wildman–Crippen MR) is 287 cm³/mol. The quantitative estimate of drug-likeness (QED) is 0.0206. The second-order valence-electron chi connectivity index (χ2n) is 20.8. The van der Waals surface area contributed by atoms with Crippen molar-refractivity contribution in [3.63, 3.8) is 0 Å². The van der Waals surface area contributed by atoms with Gasteiger partial charge in [-0.05, 0) is 116 Å². The van der Waals surface area contributed by atoms with E-state index in [0.717, 1.165) is 77.2 Å². The highest BCUT2D eigenvalue weighted by atomic mass is 16.6. The largest absolute Gasteiger partial charge is 0.481 e. The third kappa shape index (κ3) is 41.9. The molecule has 0 saturated carbocycles. The van der Waals surface area contributed by atoms with Crippen molar-refractivity contribution in [1.29, 1.82) is 5.41 Å². The zero-order valence-electron chi connectivity index (χ0n) is 46.1. The molecule has 0 radical (unpaired) electrons. The van der Waals surface area contributed by atoms with E-state index in [2.05, 4.69) is 32.6 Å². The van der Waals surface area contributed by atoms with Gasteiger partial charge in [-0.3, -0.25) is 24.6 Å². The number of rotatable bonds is 52. The monoisotopic (exact) mass is 991 g/mol. The molecule has 0 spiro atoms. The fourth-order valence-corrected chi connectivity index (χ4v) is 9.10. The maximum Gasteiger partial charge on any atom is 0.306 e. The maximum atomic E-state index is 12.9. The normalized spacial score (nSPS) is 13.1. The van der Waals surface area contributed by atoms with Crippen molar-refractivity contribution in [3.8, 4) is 0 Å². The van der Waals surface area contributed by atoms with Crippen LogP contribution in [0, 0.1) is 11.3 Å². The van der Waals surface area contributed by atoms with Gasteiger partial charge in [-0.25, -0.2) is 0 Å². The number of hydrogen-bond acceptors (Lipinski definition) is 11. The molecule has 410 valence electrons. The first-order valence-electron chi connectivity index (χ1n) is 29.8. The van der Waals surface area contributed by atoms with E-state index in [1.54, 1.807) is 0 Å². The first-order valence-corrected chi connectivity index (χ1v) is 29.8. The molecule has 1 atom stereocenters. The summed E-state index contributed by atoms with van der Waals surface area (Å²) in [5.41, 5.74) is 0. The number of esters is 4. The summed E-state index contributed by atoms with van der Waals surface area (Å²) in [4.78, 5) is 53.8. The number of carbonyl (C=O) groups is 4. The van der Waals surface area contributed by atoms with Gasteiger partial charge >= 0.3 is 23.9 Å². The molecule has 0 bridgehead atoms. The Morgan fingerprint density at radius 1 is 0.386 bits per heavy atom. The first kappa shape index (κ1) is 65.3. The van der Waals surface area contributed by atoms with E-state index in [4.69, 9.17) is 29.1 Å². The highest BCUT2D eigenvalue weighted by Crippen LogP contribution is 2.21. The third-order valence-electron chi connectivity index (χ3n) is 13.9. The summed E-state index contributed by atoms with van der Waals surface area (Å²) in [5, 5.41) is 8.49. The van der Waals surface area contributed by atoms with Crippen molar-refractivity contribution in [3.05, 3.63) is 0 Å². The Kier molecular flexibility index (Phi) is 45.3. The maximum absolute atomic E-state index is 12.9. The summed E-state index contributed by atoms with van der Waals surface area (Å²) in [6, 6.07) is 0. The molecule has 1 N–H and O–H groups in total. The smallest absolute Gasteiger partial charge is 0.306 e. The molecule has 11 heteroatoms. The van der Waals surface area contributed by atoms with E-state index < -0.39 is 5.92 Å². The van der Waals surface area contributed by atoms with Crippen molar-refractivity contribution in [2.24, 2.45) is 5.92 Å². The molecule has 1 heterocycles. The summed E-state index contributed by atoms with van der Waals surface area (Å²) in [5.74, 6) is -1.33. The van der Waals surface area contributed by atoms with Gasteiger partial charge in [0, 0.05) is 32.1 Å². The number of ether oxygens (including phenoxy) is 5. The molecule has 70 heavy (non-hydrogen) atoms. The lowest BCUT2D eigenvalue weighted by Crippen LogP contribution is -2.37. The van der Waals surface area contributed by atoms with Crippen LogP contribution in [0.3, 0.4) is 0 Å². The van der Waals surface area contributed by atoms with Crippen LogP contribution in [0.1, 0.15) is 291 Å². The van der Waals surface area contributed by atoms with Crippen LogP contribution in [-0.2, 0) is 42.9 Å². The molecule has 0 aliphatic carbocycles. The molecule has 0 aromatic carbocycles. The molecule has 1 rings (SSSR count). The Morgan fingerprint density at radius 2 is 0.700 bits per heavy atom. The highest BCUT2D eigenvalue weighted by molar-refractivity contribution is 5.73. The van der Waals surface area contributed by atoms with Gasteiger partial charge in [0.1, 0.15) is 25.4 Å². The van der Waals surface area contributed by atoms with Crippen molar-refractivity contribution in [1.82, 2.24) is 4.90 Å². The summed E-state index contributed by atoms with van der Waals surface area (Å²) in [7, 11) is 0. The Labute approximate surface area is 430 Å². The number of likely N-dealkylation sites (tertiary alicyclic amines) is 1. The van der Waals surface area contributed by atoms with Crippen molar-refractivity contribution in [2.45, 2.75) is 303 Å². The molecule has 0 aromatic heterocycles. The number of nitrogens with zero attached hydrogens (tertiary/aromatic N) is 1. The fraction of sp³-hybridized carbons (Fsp3) is 0.915. The van der Waals surface area contributed by atoms with Gasteiger partial charge in [-0.1, -0.05) is 163 Å². The lowest BCUT2D eigenvalue weighted by atomic mass is 10.0. The van der Waals surface area contributed by atoms with Crippen molar-refractivity contribution in [2.75, 3.05) is 39.5 Å². The minimum atomic E-state index is -0.435. The average Bonchev–Trinajstić information content (AvgIpc) is 3.33. The van der Waals surface area contributed by atoms with Crippen LogP contribution in [0.15, 0.2) is 0 Å². The van der Waals surface area contributed by atoms with Crippen molar-refractivity contribution >= 4 is 29.8 Å². The minimum absolute atomic E-state index is 0.000323. The van der Waals surface area contributed by atoms with Gasteiger partial charge in [0.15, 0.2) is 5.90 Å². The molecule has 0 amide bonds. The lowest BCUT2D eigenvalue weighted by Gasteiger charge is -2.30. The second-order valence-corrected chi connectivity index (χ2v) is 20.8. The Morgan fingerprint density at radius 3 is 1.07 bits per heavy atom. The van der Waals surface area contributed by atoms with Crippen LogP contribution < -0.4 is 0 Å². The van der Waals surface area contributed by atoms with E-state index in [1.165, 1.54) is 148 Å². The lowest BCUT2D eigenvalue weighted by molar-refractivity contribution is -0.152. The Bertz CT molecular complexity index is 1150. The highest BCUT2D eigenvalue weighted by Gasteiger charge is 2.20. The minimum Gasteiger partial charge on any atom is -0.481 e. The van der Waals surface area contributed by atoms with Crippen molar-refractivity contribution < 1.29 is 42.9 Å². The zero-order chi connectivity index (χ0) is 51.0. The Balaban J connectivity index is 2.57. The van der Waals surface area contributed by atoms with Gasteiger partial charge < -0.3 is 28.6 Å². The van der Waals surface area contributed by atoms with Crippen LogP contribution in [0.4, 0.5) is 0 Å². The zero-order valence-corrected chi connectivity index (χ0v) is 46.1. The van der Waals surface area contributed by atoms with Gasteiger partial charge in [0.25, 0.3) is 0 Å².